The molecule has 0 radical (unpaired) electrons. The van der Waals surface area contributed by atoms with Crippen molar-refractivity contribution in [1.82, 2.24) is 5.32 Å². The van der Waals surface area contributed by atoms with E-state index in [0.29, 0.717) is 28.6 Å². The van der Waals surface area contributed by atoms with Crippen LogP contribution in [0.2, 0.25) is 0 Å². The summed E-state index contributed by atoms with van der Waals surface area (Å²) < 4.78 is 16.1. The number of ether oxygens (including phenoxy) is 3. The van der Waals surface area contributed by atoms with E-state index in [0.717, 1.165) is 11.1 Å². The molecular formula is C20H20N2O4. The third-order valence-corrected chi connectivity index (χ3v) is 4.04. The molecule has 0 spiro atoms. The number of hydrogen-bond acceptors (Lipinski definition) is 5. The van der Waals surface area contributed by atoms with Crippen molar-refractivity contribution in [1.29, 1.82) is 0 Å². The summed E-state index contributed by atoms with van der Waals surface area (Å²) in [4.78, 5) is 16.9. The van der Waals surface area contributed by atoms with Crippen LogP contribution in [0.3, 0.4) is 0 Å². The summed E-state index contributed by atoms with van der Waals surface area (Å²) in [5.41, 5.74) is 2.74. The Bertz CT molecular complexity index is 894. The fourth-order valence-electron chi connectivity index (χ4n) is 2.79. The lowest BCUT2D eigenvalue weighted by molar-refractivity contribution is -0.115. The van der Waals surface area contributed by atoms with Gasteiger partial charge < -0.3 is 19.5 Å². The maximum Gasteiger partial charge on any atom is 0.275 e. The minimum Gasteiger partial charge on any atom is -0.496 e. The Morgan fingerprint density at radius 3 is 2.23 bits per heavy atom. The summed E-state index contributed by atoms with van der Waals surface area (Å²) in [7, 11) is 4.71. The SMILES string of the molecule is COc1ccc(C)cc1/C=C1/N=C(c2c(OC)cccc2OC)NC1=O. The van der Waals surface area contributed by atoms with Gasteiger partial charge in [0.25, 0.3) is 5.91 Å². The number of methoxy groups -OCH3 is 3. The molecule has 1 heterocycles. The van der Waals surface area contributed by atoms with Gasteiger partial charge in [0, 0.05) is 5.56 Å². The summed E-state index contributed by atoms with van der Waals surface area (Å²) >= 11 is 0. The van der Waals surface area contributed by atoms with Crippen LogP contribution in [0.5, 0.6) is 17.2 Å². The first kappa shape index (κ1) is 17.5. The fourth-order valence-corrected chi connectivity index (χ4v) is 2.79. The standard InChI is InChI=1S/C20H20N2O4/c1-12-8-9-15(24-2)13(10-12)11-14-20(23)22-19(21-14)18-16(25-3)6-5-7-17(18)26-4/h5-11H,1-4H3,(H,21,22,23)/b14-11+. The smallest absolute Gasteiger partial charge is 0.275 e. The van der Waals surface area contributed by atoms with E-state index in [1.807, 2.05) is 31.2 Å². The number of aryl methyl sites for hydroxylation is 1. The number of nitrogens with one attached hydrogen (secondary N) is 1. The minimum absolute atomic E-state index is 0.289. The maximum absolute atomic E-state index is 12.4. The van der Waals surface area contributed by atoms with Crippen molar-refractivity contribution in [3.8, 4) is 17.2 Å². The first-order valence-corrected chi connectivity index (χ1v) is 8.05. The molecule has 1 aliphatic heterocycles. The molecule has 1 aliphatic rings. The predicted octanol–water partition coefficient (Wildman–Crippen LogP) is 2.94. The molecule has 6 heteroatoms. The Morgan fingerprint density at radius 2 is 1.62 bits per heavy atom. The number of carbonyl (C=O) groups is 1. The number of carbonyl (C=O) groups excluding carboxylic acids is 1. The molecule has 1 N–H and O–H groups in total. The molecule has 0 saturated heterocycles. The molecule has 6 nitrogen and oxygen atoms in total. The Morgan fingerprint density at radius 1 is 0.962 bits per heavy atom. The van der Waals surface area contributed by atoms with Crippen molar-refractivity contribution >= 4 is 17.8 Å². The van der Waals surface area contributed by atoms with Crippen LogP contribution < -0.4 is 19.5 Å². The van der Waals surface area contributed by atoms with Gasteiger partial charge in [0.05, 0.1) is 21.3 Å². The average molecular weight is 352 g/mol. The lowest BCUT2D eigenvalue weighted by atomic mass is 10.1. The Hall–Kier alpha value is -3.28. The van der Waals surface area contributed by atoms with E-state index in [9.17, 15) is 4.79 Å². The molecule has 0 unspecified atom stereocenters. The van der Waals surface area contributed by atoms with E-state index < -0.39 is 0 Å². The molecule has 3 rings (SSSR count). The monoisotopic (exact) mass is 352 g/mol. The van der Waals surface area contributed by atoms with Gasteiger partial charge in [0.15, 0.2) is 0 Å². The number of aliphatic imine (C=N–C) groups is 1. The van der Waals surface area contributed by atoms with Gasteiger partial charge in [-0.1, -0.05) is 17.7 Å². The van der Waals surface area contributed by atoms with Crippen LogP contribution in [0, 0.1) is 6.92 Å². The van der Waals surface area contributed by atoms with E-state index in [-0.39, 0.29) is 11.6 Å². The van der Waals surface area contributed by atoms with Crippen molar-refractivity contribution in [3.05, 3.63) is 58.8 Å². The Labute approximate surface area is 152 Å². The molecule has 0 bridgehead atoms. The fraction of sp³-hybridized carbons (Fsp3) is 0.200. The molecule has 26 heavy (non-hydrogen) atoms. The third-order valence-electron chi connectivity index (χ3n) is 4.04. The zero-order chi connectivity index (χ0) is 18.7. The highest BCUT2D eigenvalue weighted by atomic mass is 16.5. The van der Waals surface area contributed by atoms with Crippen molar-refractivity contribution in [2.75, 3.05) is 21.3 Å². The molecule has 2 aromatic rings. The molecule has 2 aromatic carbocycles. The second-order valence-corrected chi connectivity index (χ2v) is 5.73. The van der Waals surface area contributed by atoms with Crippen LogP contribution in [0.1, 0.15) is 16.7 Å². The molecule has 0 aliphatic carbocycles. The highest BCUT2D eigenvalue weighted by Gasteiger charge is 2.26. The zero-order valence-electron chi connectivity index (χ0n) is 15.1. The molecule has 0 atom stereocenters. The number of rotatable bonds is 5. The topological polar surface area (TPSA) is 69.2 Å². The van der Waals surface area contributed by atoms with Gasteiger partial charge in [0.1, 0.15) is 34.3 Å². The van der Waals surface area contributed by atoms with Crippen molar-refractivity contribution in [3.63, 3.8) is 0 Å². The average Bonchev–Trinajstić information content (AvgIpc) is 3.01. The third kappa shape index (κ3) is 3.26. The molecule has 0 fully saturated rings. The molecule has 0 saturated carbocycles. The van der Waals surface area contributed by atoms with Gasteiger partial charge in [-0.15, -0.1) is 0 Å². The predicted molar refractivity (Wildman–Crippen MR) is 99.9 cm³/mol. The van der Waals surface area contributed by atoms with E-state index in [1.165, 1.54) is 0 Å². The van der Waals surface area contributed by atoms with Crippen molar-refractivity contribution < 1.29 is 19.0 Å². The van der Waals surface area contributed by atoms with Gasteiger partial charge in [-0.05, 0) is 37.3 Å². The van der Waals surface area contributed by atoms with Crippen molar-refractivity contribution in [2.24, 2.45) is 4.99 Å². The van der Waals surface area contributed by atoms with Crippen LogP contribution >= 0.6 is 0 Å². The normalized spacial score (nSPS) is 14.8. The summed E-state index contributed by atoms with van der Waals surface area (Å²) in [5.74, 6) is 1.91. The Kier molecular flexibility index (Phi) is 4.93. The molecule has 1 amide bonds. The van der Waals surface area contributed by atoms with Crippen molar-refractivity contribution in [2.45, 2.75) is 6.92 Å². The summed E-state index contributed by atoms with van der Waals surface area (Å²) in [6.07, 6.45) is 1.70. The lowest BCUT2D eigenvalue weighted by Crippen LogP contribution is -2.25. The minimum atomic E-state index is -0.295. The molecule has 134 valence electrons. The van der Waals surface area contributed by atoms with Crippen LogP contribution in [0.4, 0.5) is 0 Å². The maximum atomic E-state index is 12.4. The van der Waals surface area contributed by atoms with Crippen LogP contribution in [-0.2, 0) is 4.79 Å². The number of benzene rings is 2. The molecular weight excluding hydrogens is 332 g/mol. The number of amidine groups is 1. The van der Waals surface area contributed by atoms with Gasteiger partial charge in [0.2, 0.25) is 0 Å². The molecule has 0 aromatic heterocycles. The van der Waals surface area contributed by atoms with Gasteiger partial charge >= 0.3 is 0 Å². The lowest BCUT2D eigenvalue weighted by Gasteiger charge is -2.12. The highest BCUT2D eigenvalue weighted by Crippen LogP contribution is 2.31. The number of amides is 1. The van der Waals surface area contributed by atoms with E-state index in [4.69, 9.17) is 14.2 Å². The van der Waals surface area contributed by atoms with Crippen LogP contribution in [0.15, 0.2) is 47.1 Å². The Balaban J connectivity index is 2.08. The number of nitrogens with zero attached hydrogens (tertiary/aromatic N) is 1. The quantitative estimate of drug-likeness (QED) is 0.840. The second kappa shape index (κ2) is 7.31. The van der Waals surface area contributed by atoms with Crippen LogP contribution in [-0.4, -0.2) is 33.1 Å². The van der Waals surface area contributed by atoms with Gasteiger partial charge in [-0.3, -0.25) is 4.79 Å². The summed E-state index contributed by atoms with van der Waals surface area (Å²) in [6, 6.07) is 11.1. The summed E-state index contributed by atoms with van der Waals surface area (Å²) in [5, 5.41) is 2.78. The number of hydrogen-bond donors (Lipinski definition) is 1. The summed E-state index contributed by atoms with van der Waals surface area (Å²) in [6.45, 7) is 1.98. The largest absolute Gasteiger partial charge is 0.496 e. The van der Waals surface area contributed by atoms with Gasteiger partial charge in [-0.25, -0.2) is 4.99 Å². The van der Waals surface area contributed by atoms with E-state index in [2.05, 4.69) is 10.3 Å². The first-order chi connectivity index (χ1) is 12.6. The second-order valence-electron chi connectivity index (χ2n) is 5.73. The van der Waals surface area contributed by atoms with Gasteiger partial charge in [-0.2, -0.15) is 0 Å². The van der Waals surface area contributed by atoms with Crippen LogP contribution in [0.25, 0.3) is 6.08 Å². The van der Waals surface area contributed by atoms with E-state index >= 15 is 0 Å². The first-order valence-electron chi connectivity index (χ1n) is 8.05. The highest BCUT2D eigenvalue weighted by molar-refractivity contribution is 6.21. The van der Waals surface area contributed by atoms with E-state index in [1.54, 1.807) is 39.5 Å². The zero-order valence-corrected chi connectivity index (χ0v) is 15.1.